The molecule has 0 bridgehead atoms. The van der Waals surface area contributed by atoms with Crippen molar-refractivity contribution < 1.29 is 143 Å². The molecule has 17 nitrogen and oxygen atoms in total. The van der Waals surface area contributed by atoms with Gasteiger partial charge in [-0.15, -0.1) is 60.7 Å². The maximum absolute atomic E-state index is 13.4. The second-order valence-electron chi connectivity index (χ2n) is 23.5. The van der Waals surface area contributed by atoms with Crippen LogP contribution >= 0.6 is 0 Å². The molecule has 8 heterocycles. The number of carboxylic acids is 1. The van der Waals surface area contributed by atoms with Crippen molar-refractivity contribution in [3.8, 4) is 51.0 Å². The molecule has 0 amide bonds. The minimum atomic E-state index is -0.990. The van der Waals surface area contributed by atoms with Crippen LogP contribution in [0.2, 0.25) is 0 Å². The Labute approximate surface area is 663 Å². The first-order valence-electron chi connectivity index (χ1n) is 31.1. The van der Waals surface area contributed by atoms with Crippen molar-refractivity contribution in [3.63, 3.8) is 0 Å². The summed E-state index contributed by atoms with van der Waals surface area (Å²) in [6.45, 7) is 10.8. The van der Waals surface area contributed by atoms with Crippen molar-refractivity contribution in [3.05, 3.63) is 343 Å². The molecule has 0 saturated heterocycles. The zero-order chi connectivity index (χ0) is 78.4. The predicted molar refractivity (Wildman–Crippen MR) is 369 cm³/mol. The summed E-state index contributed by atoms with van der Waals surface area (Å²) in [6.07, 6.45) is 17.4. The van der Waals surface area contributed by atoms with Gasteiger partial charge in [-0.3, -0.25) is 58.1 Å². The van der Waals surface area contributed by atoms with Crippen LogP contribution < -0.4 is 0 Å². The number of pyridine rings is 5. The Morgan fingerprint density at radius 3 is 1.09 bits per heavy atom. The van der Waals surface area contributed by atoms with Gasteiger partial charge in [0.15, 0.2) is 17.4 Å². The number of carboxylic acid groups (broad SMARTS) is 1. The van der Waals surface area contributed by atoms with Crippen LogP contribution in [0, 0.1) is 111 Å². The number of hydrogen-bond acceptors (Lipinski definition) is 13. The number of carbonyl (C=O) groups excluding carboxylic acids is 1. The Balaban J connectivity index is 0.000000326. The van der Waals surface area contributed by atoms with E-state index < -0.39 is 81.2 Å². The fourth-order valence-electron chi connectivity index (χ4n) is 7.90. The van der Waals surface area contributed by atoms with Crippen molar-refractivity contribution >= 4 is 11.8 Å². The average molecular weight is 2050 g/mol. The summed E-state index contributed by atoms with van der Waals surface area (Å²) in [5.41, 5.74) is 2.25. The summed E-state index contributed by atoms with van der Waals surface area (Å²) in [5.74, 6) is -9.06. The van der Waals surface area contributed by atoms with E-state index in [9.17, 15) is 67.4 Å². The van der Waals surface area contributed by atoms with Crippen molar-refractivity contribution in [2.24, 2.45) is 10.8 Å². The van der Waals surface area contributed by atoms with Gasteiger partial charge in [-0.2, -0.15) is 27.4 Å². The van der Waals surface area contributed by atoms with Gasteiger partial charge in [0.2, 0.25) is 0 Å². The molecule has 0 aliphatic rings. The summed E-state index contributed by atoms with van der Waals surface area (Å²) >= 11 is 0. The first-order chi connectivity index (χ1) is 50.8. The third-order valence-electron chi connectivity index (χ3n) is 13.3. The molecule has 4 N–H and O–H groups in total. The number of halogens is 12. The van der Waals surface area contributed by atoms with Crippen LogP contribution in [-0.4, -0.2) is 86.4 Å². The molecule has 110 heavy (non-hydrogen) atoms. The number of rotatable bonds is 10. The molecule has 13 aromatic rings. The third-order valence-corrected chi connectivity index (χ3v) is 13.3. The Hall–Kier alpha value is -10.8. The van der Waals surface area contributed by atoms with Crippen LogP contribution in [-0.2, 0) is 78.3 Å². The molecule has 0 spiro atoms. The fraction of sp³-hybridized carbons (Fsp3) is 0.128. The molecule has 8 aromatic heterocycles. The van der Waals surface area contributed by atoms with Gasteiger partial charge in [0.05, 0.1) is 19.4 Å². The molecule has 0 aliphatic heterocycles. The molecule has 581 valence electrons. The number of hydrogen-bond donors (Lipinski definition) is 4. The first kappa shape index (κ1) is 93.4. The number of ketones is 1. The molecular weight excluding hydrogens is 1990 g/mol. The van der Waals surface area contributed by atoms with Crippen LogP contribution in [0.5, 0.6) is 0 Å². The van der Waals surface area contributed by atoms with E-state index in [2.05, 4.69) is 70.5 Å². The molecule has 0 fully saturated rings. The molecule has 3 radical (unpaired) electrons. The van der Waals surface area contributed by atoms with E-state index in [1.54, 1.807) is 79.3 Å². The number of carbonyl (C=O) groups is 2. The molecule has 5 aromatic carbocycles. The van der Waals surface area contributed by atoms with Crippen LogP contribution in [0.4, 0.5) is 52.7 Å². The van der Waals surface area contributed by atoms with Crippen LogP contribution in [0.1, 0.15) is 63.2 Å². The number of aromatic nitrogens is 11. The van der Waals surface area contributed by atoms with Gasteiger partial charge >= 0.3 is 5.97 Å². The van der Waals surface area contributed by atoms with Gasteiger partial charge in [-0.1, -0.05) is 107 Å². The second-order valence-corrected chi connectivity index (χ2v) is 23.5. The van der Waals surface area contributed by atoms with Crippen LogP contribution in [0.3, 0.4) is 0 Å². The van der Waals surface area contributed by atoms with Gasteiger partial charge in [-0.05, 0) is 88.1 Å². The Morgan fingerprint density at radius 2 is 0.773 bits per heavy atom. The minimum absolute atomic E-state index is 0. The standard InChI is InChI=1S/2C12H8F2NO.C11H6F2N.C11H20O2.2C9H5F2N2.C8H5F2N3.C6H5NO2.3Ir/c2*13-9-1-2-10(11(14)6-9)12-5-8(7-16)3-4-15-12;12-8-4-5-9(10(13)7-8)11-3-1-2-6-14-11;1-10(2,3)8(12)7-9(13)11(4,5)6;2*10-7-2-3-9(8(11)6-7)13-5-1-4-12-13;9-6-4-7(10)8(11-5-6)13-3-1-2-12-13;8-6(9)5-3-1-2-4-7-5;;;/h2*1,3-6,16H,7H2;1-4,6-7H;7,12H,1-6H3;2*1-2,4-6H;1-5H;1-4H,(H,8,9);;;/q3*-1;;2*-1;;;;;. The van der Waals surface area contributed by atoms with Crippen LogP contribution in [0.15, 0.2) is 226 Å². The van der Waals surface area contributed by atoms with Gasteiger partial charge in [0, 0.05) is 203 Å². The zero-order valence-electron chi connectivity index (χ0n) is 58.3. The van der Waals surface area contributed by atoms with E-state index in [0.29, 0.717) is 28.2 Å². The number of aliphatic hydroxyl groups excluding tert-OH is 3. The molecule has 13 rings (SSSR count). The van der Waals surface area contributed by atoms with E-state index in [0.717, 1.165) is 72.9 Å². The van der Waals surface area contributed by atoms with E-state index in [-0.39, 0.29) is 130 Å². The normalized spacial score (nSPS) is 10.4. The van der Waals surface area contributed by atoms with Gasteiger partial charge in [0.25, 0.3) is 0 Å². The second kappa shape index (κ2) is 45.9. The SMILES string of the molecule is CC(C)(C)C(=O)C=C(O)C(C)(C)C.Fc1c[c-]c(-c2ccccn2)c(F)c1.Fc1c[c-]c(-n2cccn2)c(F)c1.Fc1c[c-]c(-n2cccn2)c(F)c1.Fc1cnc(-n2cccn2)c(F)c1.O=C(O)c1ccccn1.OCc1ccnc(-c2[c-]cc(F)cc2F)c1.OCc1ccnc(-c2[c-]cc(F)cc2F)c1.[Ir].[Ir].[Ir]. The number of nitrogens with zero attached hydrogens (tertiary/aromatic N) is 11. The molecule has 0 saturated carbocycles. The van der Waals surface area contributed by atoms with Crippen molar-refractivity contribution in [1.29, 1.82) is 0 Å². The maximum atomic E-state index is 13.4. The predicted octanol–water partition coefficient (Wildman–Crippen LogP) is 16.8. The monoisotopic (exact) mass is 2060 g/mol. The Bertz CT molecular complexity index is 4730. The van der Waals surface area contributed by atoms with Crippen molar-refractivity contribution in [2.45, 2.75) is 54.8 Å². The summed E-state index contributed by atoms with van der Waals surface area (Å²) < 4.78 is 158. The largest absolute Gasteiger partial charge is 0.512 e. The number of benzene rings is 5. The Morgan fingerprint density at radius 1 is 0.400 bits per heavy atom. The van der Waals surface area contributed by atoms with E-state index in [1.165, 1.54) is 81.7 Å². The third kappa shape index (κ3) is 30.3. The topological polar surface area (TPSA) is 233 Å². The summed E-state index contributed by atoms with van der Waals surface area (Å²) in [6, 6.07) is 43.5. The quantitative estimate of drug-likeness (QED) is 0.0432. The molecule has 0 atom stereocenters. The first-order valence-corrected chi connectivity index (χ1v) is 31.1. The molecule has 32 heteroatoms. The number of aromatic carboxylic acids is 1. The van der Waals surface area contributed by atoms with Gasteiger partial charge < -0.3 is 35.4 Å². The number of allylic oxidation sites excluding steroid dienone is 2. The summed E-state index contributed by atoms with van der Waals surface area (Å²) in [7, 11) is 0. The maximum Gasteiger partial charge on any atom is 0.354 e. The van der Waals surface area contributed by atoms with Crippen LogP contribution in [0.25, 0.3) is 51.0 Å². The van der Waals surface area contributed by atoms with E-state index in [1.807, 2.05) is 41.5 Å². The zero-order valence-corrected chi connectivity index (χ0v) is 65.4. The van der Waals surface area contributed by atoms with Crippen molar-refractivity contribution in [2.75, 3.05) is 0 Å². The molecular formula is C78H62F12Ir3N11O6-5. The summed E-state index contributed by atoms with van der Waals surface area (Å²) in [4.78, 5) is 40.6. The molecule has 0 unspecified atom stereocenters. The van der Waals surface area contributed by atoms with Gasteiger partial charge in [0.1, 0.15) is 17.3 Å². The molecule has 0 aliphatic carbocycles. The van der Waals surface area contributed by atoms with E-state index in [4.69, 9.17) is 15.3 Å². The smallest absolute Gasteiger partial charge is 0.354 e. The minimum Gasteiger partial charge on any atom is -0.512 e. The Kier molecular flexibility index (Phi) is 38.9. The summed E-state index contributed by atoms with van der Waals surface area (Å²) in [5, 5.41) is 47.1. The van der Waals surface area contributed by atoms with Gasteiger partial charge in [-0.25, -0.2) is 28.2 Å². The average Bonchev–Trinajstić information content (AvgIpc) is 1.26. The fourth-order valence-corrected chi connectivity index (χ4v) is 7.90. The van der Waals surface area contributed by atoms with E-state index >= 15 is 0 Å². The number of aliphatic hydroxyl groups is 3. The van der Waals surface area contributed by atoms with Crippen molar-refractivity contribution in [1.82, 2.24) is 54.3 Å².